The fourth-order valence-electron chi connectivity index (χ4n) is 3.97. The van der Waals surface area contributed by atoms with Crippen LogP contribution in [0.3, 0.4) is 0 Å². The molecule has 0 N–H and O–H groups in total. The minimum Gasteiger partial charge on any atom is -0.376 e. The van der Waals surface area contributed by atoms with Crippen molar-refractivity contribution in [3.05, 3.63) is 0 Å². The number of rotatable bonds is 6. The van der Waals surface area contributed by atoms with E-state index >= 15 is 0 Å². The normalized spacial score (nSPS) is 31.4. The van der Waals surface area contributed by atoms with Crippen LogP contribution in [0, 0.1) is 5.92 Å². The van der Waals surface area contributed by atoms with Gasteiger partial charge in [-0.25, -0.2) is 8.78 Å². The first-order valence-electron chi connectivity index (χ1n) is 9.03. The quantitative estimate of drug-likeness (QED) is 0.658. The molecular weight excluding hydrogens is 286 g/mol. The highest BCUT2D eigenvalue weighted by Gasteiger charge is 2.36. The molecule has 0 heterocycles. The summed E-state index contributed by atoms with van der Waals surface area (Å²) in [6.07, 6.45) is 7.64. The van der Waals surface area contributed by atoms with Crippen LogP contribution in [0.15, 0.2) is 0 Å². The van der Waals surface area contributed by atoms with E-state index in [0.717, 1.165) is 12.8 Å². The smallest absolute Gasteiger partial charge is 0.248 e. The number of alkyl halides is 2. The van der Waals surface area contributed by atoms with Gasteiger partial charge in [0.25, 0.3) is 0 Å². The average Bonchev–Trinajstić information content (AvgIpc) is 2.41. The van der Waals surface area contributed by atoms with Gasteiger partial charge in [0.15, 0.2) is 0 Å². The van der Waals surface area contributed by atoms with Crippen molar-refractivity contribution >= 4 is 0 Å². The maximum atomic E-state index is 13.2. The van der Waals surface area contributed by atoms with Crippen molar-refractivity contribution in [2.45, 2.75) is 109 Å². The SMILES string of the molecule is CC(C)OC1CCCC(CC(C)OC2CCC(F)(F)CC2)C1. The molecule has 3 unspecified atom stereocenters. The molecule has 0 radical (unpaired) electrons. The minimum absolute atomic E-state index is 0.0158. The van der Waals surface area contributed by atoms with Gasteiger partial charge >= 0.3 is 0 Å². The Bertz CT molecular complexity index is 323. The van der Waals surface area contributed by atoms with Gasteiger partial charge in [0.05, 0.1) is 24.4 Å². The Kier molecular flexibility index (Phi) is 6.63. The maximum Gasteiger partial charge on any atom is 0.248 e. The molecule has 2 aliphatic carbocycles. The van der Waals surface area contributed by atoms with Crippen LogP contribution in [0.25, 0.3) is 0 Å². The molecule has 2 aliphatic rings. The van der Waals surface area contributed by atoms with Gasteiger partial charge in [-0.2, -0.15) is 0 Å². The predicted molar refractivity (Wildman–Crippen MR) is 84.3 cm³/mol. The third-order valence-corrected chi connectivity index (χ3v) is 4.95. The summed E-state index contributed by atoms with van der Waals surface area (Å²) in [5.41, 5.74) is 0. The van der Waals surface area contributed by atoms with Crippen LogP contribution in [0.1, 0.15) is 78.6 Å². The standard InChI is InChI=1S/C18H32F2O2/c1-13(2)21-17-6-4-5-15(12-17)11-14(3)22-16-7-9-18(19,20)10-8-16/h13-17H,4-12H2,1-3H3. The van der Waals surface area contributed by atoms with Crippen molar-refractivity contribution in [3.8, 4) is 0 Å². The van der Waals surface area contributed by atoms with Crippen LogP contribution >= 0.6 is 0 Å². The number of hydrogen-bond acceptors (Lipinski definition) is 2. The molecule has 22 heavy (non-hydrogen) atoms. The first-order valence-corrected chi connectivity index (χ1v) is 9.03. The van der Waals surface area contributed by atoms with Gasteiger partial charge in [0.1, 0.15) is 0 Å². The molecule has 4 heteroatoms. The molecule has 0 bridgehead atoms. The van der Waals surface area contributed by atoms with Crippen molar-refractivity contribution in [2.75, 3.05) is 0 Å². The highest BCUT2D eigenvalue weighted by Crippen LogP contribution is 2.36. The lowest BCUT2D eigenvalue weighted by Gasteiger charge is -2.34. The van der Waals surface area contributed by atoms with Crippen molar-refractivity contribution in [3.63, 3.8) is 0 Å². The van der Waals surface area contributed by atoms with E-state index in [4.69, 9.17) is 9.47 Å². The Morgan fingerprint density at radius 3 is 2.27 bits per heavy atom. The lowest BCUT2D eigenvalue weighted by molar-refractivity contribution is -0.101. The highest BCUT2D eigenvalue weighted by atomic mass is 19.3. The minimum atomic E-state index is -2.46. The summed E-state index contributed by atoms with van der Waals surface area (Å²) < 4.78 is 38.3. The van der Waals surface area contributed by atoms with E-state index in [0.29, 0.717) is 31.0 Å². The van der Waals surface area contributed by atoms with E-state index < -0.39 is 5.92 Å². The summed E-state index contributed by atoms with van der Waals surface area (Å²) in [6, 6.07) is 0. The van der Waals surface area contributed by atoms with Gasteiger partial charge in [-0.15, -0.1) is 0 Å². The molecule has 0 spiro atoms. The third-order valence-electron chi connectivity index (χ3n) is 4.95. The Morgan fingerprint density at radius 1 is 0.955 bits per heavy atom. The van der Waals surface area contributed by atoms with Gasteiger partial charge in [-0.1, -0.05) is 12.8 Å². The van der Waals surface area contributed by atoms with Crippen molar-refractivity contribution in [1.29, 1.82) is 0 Å². The van der Waals surface area contributed by atoms with E-state index in [2.05, 4.69) is 20.8 Å². The van der Waals surface area contributed by atoms with E-state index in [1.165, 1.54) is 19.3 Å². The summed E-state index contributed by atoms with van der Waals surface area (Å²) >= 11 is 0. The molecule has 2 rings (SSSR count). The van der Waals surface area contributed by atoms with Gasteiger partial charge in [-0.3, -0.25) is 0 Å². The molecule has 0 saturated heterocycles. The molecule has 2 fully saturated rings. The zero-order valence-electron chi connectivity index (χ0n) is 14.3. The van der Waals surface area contributed by atoms with Crippen LogP contribution in [-0.4, -0.2) is 30.3 Å². The Balaban J connectivity index is 1.69. The van der Waals surface area contributed by atoms with Crippen molar-refractivity contribution < 1.29 is 18.3 Å². The second kappa shape index (κ2) is 8.05. The second-order valence-corrected chi connectivity index (χ2v) is 7.58. The van der Waals surface area contributed by atoms with E-state index in [1.807, 2.05) is 0 Å². The highest BCUT2D eigenvalue weighted by molar-refractivity contribution is 4.80. The number of hydrogen-bond donors (Lipinski definition) is 0. The molecule has 0 aromatic carbocycles. The molecule has 0 aromatic heterocycles. The molecule has 2 nitrogen and oxygen atoms in total. The van der Waals surface area contributed by atoms with Crippen LogP contribution in [0.5, 0.6) is 0 Å². The third kappa shape index (κ3) is 6.11. The van der Waals surface area contributed by atoms with Crippen molar-refractivity contribution in [1.82, 2.24) is 0 Å². The first kappa shape index (κ1) is 18.1. The van der Waals surface area contributed by atoms with Crippen LogP contribution in [-0.2, 0) is 9.47 Å². The zero-order valence-corrected chi connectivity index (χ0v) is 14.3. The van der Waals surface area contributed by atoms with Crippen LogP contribution < -0.4 is 0 Å². The summed E-state index contributed by atoms with van der Waals surface area (Å²) in [5.74, 6) is -1.81. The number of ether oxygens (including phenoxy) is 2. The summed E-state index contributed by atoms with van der Waals surface area (Å²) in [4.78, 5) is 0. The summed E-state index contributed by atoms with van der Waals surface area (Å²) in [6.45, 7) is 6.28. The predicted octanol–water partition coefficient (Wildman–Crippen LogP) is 5.34. The topological polar surface area (TPSA) is 18.5 Å². The largest absolute Gasteiger partial charge is 0.376 e. The molecule has 3 atom stereocenters. The van der Waals surface area contributed by atoms with Gasteiger partial charge < -0.3 is 9.47 Å². The molecular formula is C18H32F2O2. The average molecular weight is 318 g/mol. The lowest BCUT2D eigenvalue weighted by atomic mass is 9.83. The molecule has 2 saturated carbocycles. The number of halogens is 2. The van der Waals surface area contributed by atoms with E-state index in [-0.39, 0.29) is 25.0 Å². The Hall–Kier alpha value is -0.220. The van der Waals surface area contributed by atoms with E-state index in [1.54, 1.807) is 0 Å². The van der Waals surface area contributed by atoms with Gasteiger partial charge in [-0.05, 0) is 58.8 Å². The van der Waals surface area contributed by atoms with Gasteiger partial charge in [0.2, 0.25) is 5.92 Å². The zero-order chi connectivity index (χ0) is 16.2. The monoisotopic (exact) mass is 318 g/mol. The first-order chi connectivity index (χ1) is 10.3. The fourth-order valence-corrected chi connectivity index (χ4v) is 3.97. The Labute approximate surface area is 133 Å². The summed E-state index contributed by atoms with van der Waals surface area (Å²) in [7, 11) is 0. The van der Waals surface area contributed by atoms with Crippen molar-refractivity contribution in [2.24, 2.45) is 5.92 Å². The molecule has 0 amide bonds. The molecule has 0 aliphatic heterocycles. The fraction of sp³-hybridized carbons (Fsp3) is 1.00. The van der Waals surface area contributed by atoms with Crippen LogP contribution in [0.2, 0.25) is 0 Å². The van der Waals surface area contributed by atoms with Gasteiger partial charge in [0, 0.05) is 12.8 Å². The molecule has 130 valence electrons. The summed E-state index contributed by atoms with van der Waals surface area (Å²) in [5, 5.41) is 0. The van der Waals surface area contributed by atoms with E-state index in [9.17, 15) is 8.78 Å². The maximum absolute atomic E-state index is 13.2. The molecule has 0 aromatic rings. The second-order valence-electron chi connectivity index (χ2n) is 7.58. The lowest BCUT2D eigenvalue weighted by Crippen LogP contribution is -2.32. The Morgan fingerprint density at radius 2 is 1.64 bits per heavy atom. The van der Waals surface area contributed by atoms with Crippen LogP contribution in [0.4, 0.5) is 8.78 Å².